The number of piperidine rings is 1. The number of nitrogens with one attached hydrogen (secondary N) is 1. The molecule has 3 fully saturated rings. The molecule has 0 bridgehead atoms. The summed E-state index contributed by atoms with van der Waals surface area (Å²) in [6.45, 7) is 4.03. The van der Waals surface area contributed by atoms with E-state index in [1.54, 1.807) is 0 Å². The van der Waals surface area contributed by atoms with E-state index < -0.39 is 0 Å². The number of rotatable bonds is 2. The molecule has 2 heteroatoms. The summed E-state index contributed by atoms with van der Waals surface area (Å²) >= 11 is 0. The van der Waals surface area contributed by atoms with Crippen LogP contribution in [0.5, 0.6) is 0 Å². The zero-order valence-electron chi connectivity index (χ0n) is 11.9. The summed E-state index contributed by atoms with van der Waals surface area (Å²) < 4.78 is 0. The third-order valence-corrected chi connectivity index (χ3v) is 5.42. The van der Waals surface area contributed by atoms with Crippen LogP contribution in [0, 0.1) is 5.92 Å². The zero-order valence-corrected chi connectivity index (χ0v) is 11.9. The van der Waals surface area contributed by atoms with E-state index in [0.29, 0.717) is 0 Å². The summed E-state index contributed by atoms with van der Waals surface area (Å²) in [5.41, 5.74) is 0. The molecule has 2 heterocycles. The Hall–Kier alpha value is -0.0800. The van der Waals surface area contributed by atoms with Crippen molar-refractivity contribution in [1.29, 1.82) is 0 Å². The molecule has 3 aliphatic rings. The van der Waals surface area contributed by atoms with E-state index in [4.69, 9.17) is 0 Å². The molecule has 0 aromatic heterocycles. The largest absolute Gasteiger partial charge is 0.310 e. The molecule has 3 rings (SSSR count). The van der Waals surface area contributed by atoms with Gasteiger partial charge in [0, 0.05) is 18.6 Å². The molecule has 0 spiro atoms. The Morgan fingerprint density at radius 2 is 1.56 bits per heavy atom. The van der Waals surface area contributed by atoms with Gasteiger partial charge in [-0.25, -0.2) is 0 Å². The first-order chi connectivity index (χ1) is 8.92. The Morgan fingerprint density at radius 1 is 0.778 bits per heavy atom. The molecule has 1 aliphatic carbocycles. The van der Waals surface area contributed by atoms with Crippen molar-refractivity contribution < 1.29 is 0 Å². The van der Waals surface area contributed by atoms with Gasteiger partial charge in [-0.2, -0.15) is 0 Å². The zero-order chi connectivity index (χ0) is 12.2. The third-order valence-electron chi connectivity index (χ3n) is 5.42. The monoisotopic (exact) mass is 250 g/mol. The molecule has 3 unspecified atom stereocenters. The van der Waals surface area contributed by atoms with Gasteiger partial charge < -0.3 is 10.2 Å². The summed E-state index contributed by atoms with van der Waals surface area (Å²) in [5, 5.41) is 3.98. The fourth-order valence-electron chi connectivity index (χ4n) is 4.35. The van der Waals surface area contributed by atoms with Crippen LogP contribution >= 0.6 is 0 Å². The van der Waals surface area contributed by atoms with Gasteiger partial charge in [0.2, 0.25) is 0 Å². The van der Waals surface area contributed by atoms with Crippen molar-refractivity contribution in [1.82, 2.24) is 10.2 Å². The van der Waals surface area contributed by atoms with Gasteiger partial charge >= 0.3 is 0 Å². The Kier molecular flexibility index (Phi) is 4.58. The lowest BCUT2D eigenvalue weighted by molar-refractivity contribution is 0.145. The lowest BCUT2D eigenvalue weighted by Gasteiger charge is -2.42. The molecule has 18 heavy (non-hydrogen) atoms. The Balaban J connectivity index is 1.48. The lowest BCUT2D eigenvalue weighted by Crippen LogP contribution is -2.53. The average molecular weight is 250 g/mol. The average Bonchev–Trinajstić information content (AvgIpc) is 2.67. The molecule has 1 N–H and O–H groups in total. The summed E-state index contributed by atoms with van der Waals surface area (Å²) in [4.78, 5) is 2.73. The van der Waals surface area contributed by atoms with Crippen LogP contribution in [0.2, 0.25) is 0 Å². The predicted molar refractivity (Wildman–Crippen MR) is 76.8 cm³/mol. The second kappa shape index (κ2) is 6.38. The highest BCUT2D eigenvalue weighted by molar-refractivity contribution is 4.90. The number of hydrogen-bond donors (Lipinski definition) is 1. The fourth-order valence-corrected chi connectivity index (χ4v) is 4.35. The van der Waals surface area contributed by atoms with Crippen LogP contribution in [0.3, 0.4) is 0 Å². The van der Waals surface area contributed by atoms with Gasteiger partial charge in [0.1, 0.15) is 0 Å². The van der Waals surface area contributed by atoms with Crippen LogP contribution in [0.25, 0.3) is 0 Å². The number of nitrogens with zero attached hydrogens (tertiary/aromatic N) is 1. The number of hydrogen-bond acceptors (Lipinski definition) is 2. The SMILES string of the molecule is C1CCCN(CC2CCC3CCCCC3N2)CC1. The quantitative estimate of drug-likeness (QED) is 0.810. The Morgan fingerprint density at radius 3 is 2.39 bits per heavy atom. The first-order valence-corrected chi connectivity index (χ1v) is 8.40. The van der Waals surface area contributed by atoms with Crippen molar-refractivity contribution in [2.24, 2.45) is 5.92 Å². The Labute approximate surface area is 113 Å². The molecule has 0 aromatic carbocycles. The molecule has 2 saturated heterocycles. The summed E-state index contributed by atoms with van der Waals surface area (Å²) in [7, 11) is 0. The summed E-state index contributed by atoms with van der Waals surface area (Å²) in [6, 6.07) is 1.66. The van der Waals surface area contributed by atoms with Gasteiger partial charge in [0.05, 0.1) is 0 Å². The predicted octanol–water partition coefficient (Wildman–Crippen LogP) is 3.17. The summed E-state index contributed by atoms with van der Waals surface area (Å²) in [6.07, 6.45) is 14.6. The molecule has 0 radical (unpaired) electrons. The van der Waals surface area contributed by atoms with E-state index in [1.807, 2.05) is 0 Å². The first kappa shape index (κ1) is 12.9. The van der Waals surface area contributed by atoms with Crippen molar-refractivity contribution in [3.05, 3.63) is 0 Å². The van der Waals surface area contributed by atoms with Gasteiger partial charge in [-0.1, -0.05) is 25.7 Å². The van der Waals surface area contributed by atoms with Gasteiger partial charge in [-0.05, 0) is 57.5 Å². The van der Waals surface area contributed by atoms with Crippen molar-refractivity contribution in [3.8, 4) is 0 Å². The highest BCUT2D eigenvalue weighted by Crippen LogP contribution is 2.32. The van der Waals surface area contributed by atoms with E-state index in [1.165, 1.54) is 83.8 Å². The van der Waals surface area contributed by atoms with Gasteiger partial charge in [0.15, 0.2) is 0 Å². The standard InChI is InChI=1S/C16H30N2/c1-2-6-12-18(11-5-1)13-15-10-9-14-7-3-4-8-16(14)17-15/h14-17H,1-13H2. The maximum absolute atomic E-state index is 3.98. The second-order valence-corrected chi connectivity index (χ2v) is 6.81. The van der Waals surface area contributed by atoms with Crippen LogP contribution < -0.4 is 5.32 Å². The minimum atomic E-state index is 0.794. The van der Waals surface area contributed by atoms with Crippen molar-refractivity contribution >= 4 is 0 Å². The molecular weight excluding hydrogens is 220 g/mol. The number of fused-ring (bicyclic) bond motifs is 1. The molecule has 0 aromatic rings. The van der Waals surface area contributed by atoms with Crippen LogP contribution in [-0.2, 0) is 0 Å². The van der Waals surface area contributed by atoms with Crippen LogP contribution in [0.1, 0.15) is 64.2 Å². The fraction of sp³-hybridized carbons (Fsp3) is 1.00. The maximum atomic E-state index is 3.98. The van der Waals surface area contributed by atoms with E-state index in [9.17, 15) is 0 Å². The van der Waals surface area contributed by atoms with Crippen molar-refractivity contribution in [2.45, 2.75) is 76.3 Å². The van der Waals surface area contributed by atoms with E-state index >= 15 is 0 Å². The molecule has 2 aliphatic heterocycles. The minimum absolute atomic E-state index is 0.794. The molecule has 104 valence electrons. The van der Waals surface area contributed by atoms with Crippen LogP contribution in [-0.4, -0.2) is 36.6 Å². The highest BCUT2D eigenvalue weighted by atomic mass is 15.2. The van der Waals surface area contributed by atoms with Gasteiger partial charge in [0.25, 0.3) is 0 Å². The van der Waals surface area contributed by atoms with E-state index in [-0.39, 0.29) is 0 Å². The summed E-state index contributed by atoms with van der Waals surface area (Å²) in [5.74, 6) is 1.01. The van der Waals surface area contributed by atoms with E-state index in [2.05, 4.69) is 10.2 Å². The molecule has 0 amide bonds. The molecule has 2 nitrogen and oxygen atoms in total. The topological polar surface area (TPSA) is 15.3 Å². The smallest absolute Gasteiger partial charge is 0.0197 e. The molecule has 1 saturated carbocycles. The van der Waals surface area contributed by atoms with Crippen LogP contribution in [0.15, 0.2) is 0 Å². The Bertz CT molecular complexity index is 245. The van der Waals surface area contributed by atoms with Crippen molar-refractivity contribution in [2.75, 3.05) is 19.6 Å². The maximum Gasteiger partial charge on any atom is 0.0197 e. The van der Waals surface area contributed by atoms with Gasteiger partial charge in [-0.3, -0.25) is 0 Å². The van der Waals surface area contributed by atoms with Crippen LogP contribution in [0.4, 0.5) is 0 Å². The highest BCUT2D eigenvalue weighted by Gasteiger charge is 2.32. The van der Waals surface area contributed by atoms with E-state index in [0.717, 1.165) is 18.0 Å². The number of likely N-dealkylation sites (tertiary alicyclic amines) is 1. The second-order valence-electron chi connectivity index (χ2n) is 6.81. The normalized spacial score (nSPS) is 39.0. The van der Waals surface area contributed by atoms with Crippen molar-refractivity contribution in [3.63, 3.8) is 0 Å². The minimum Gasteiger partial charge on any atom is -0.310 e. The molecule has 3 atom stereocenters. The first-order valence-electron chi connectivity index (χ1n) is 8.40. The van der Waals surface area contributed by atoms with Gasteiger partial charge in [-0.15, -0.1) is 0 Å². The third kappa shape index (κ3) is 3.27. The molecular formula is C16H30N2. The lowest BCUT2D eigenvalue weighted by atomic mass is 9.78.